The van der Waals surface area contributed by atoms with Crippen molar-refractivity contribution in [3.8, 4) is 0 Å². The third-order valence-corrected chi connectivity index (χ3v) is 3.28. The molecule has 3 heteroatoms. The first kappa shape index (κ1) is 16.7. The summed E-state index contributed by atoms with van der Waals surface area (Å²) in [5, 5.41) is 11.8. The van der Waals surface area contributed by atoms with Gasteiger partial charge in [-0.15, -0.1) is 0 Å². The fraction of sp³-hybridized carbons (Fsp3) is 0.588. The lowest BCUT2D eigenvalue weighted by atomic mass is 9.86. The summed E-state index contributed by atoms with van der Waals surface area (Å²) < 4.78 is 0. The summed E-state index contributed by atoms with van der Waals surface area (Å²) in [7, 11) is 0. The SMILES string of the molecule is CC(O)CNC(=O)CCCc1ccc(C(C)(C)C)cc1. The van der Waals surface area contributed by atoms with Crippen LogP contribution in [0.15, 0.2) is 24.3 Å². The average molecular weight is 277 g/mol. The molecule has 0 saturated carbocycles. The highest BCUT2D eigenvalue weighted by molar-refractivity contribution is 5.75. The van der Waals surface area contributed by atoms with E-state index in [1.54, 1.807) is 6.92 Å². The minimum Gasteiger partial charge on any atom is -0.392 e. The Morgan fingerprint density at radius 1 is 1.25 bits per heavy atom. The standard InChI is InChI=1S/C17H27NO2/c1-13(19)12-18-16(20)7-5-6-14-8-10-15(11-9-14)17(2,3)4/h8-11,13,19H,5-7,12H2,1-4H3,(H,18,20). The average Bonchev–Trinajstić information content (AvgIpc) is 2.36. The summed E-state index contributed by atoms with van der Waals surface area (Å²) >= 11 is 0. The molecule has 2 N–H and O–H groups in total. The van der Waals surface area contributed by atoms with Gasteiger partial charge >= 0.3 is 0 Å². The molecule has 112 valence electrons. The summed E-state index contributed by atoms with van der Waals surface area (Å²) in [5.41, 5.74) is 2.77. The number of rotatable bonds is 6. The Morgan fingerprint density at radius 2 is 1.85 bits per heavy atom. The van der Waals surface area contributed by atoms with E-state index in [0.29, 0.717) is 13.0 Å². The zero-order chi connectivity index (χ0) is 15.2. The lowest BCUT2D eigenvalue weighted by Crippen LogP contribution is -2.30. The molecular weight excluding hydrogens is 250 g/mol. The van der Waals surface area contributed by atoms with Crippen LogP contribution < -0.4 is 5.32 Å². The highest BCUT2D eigenvalue weighted by Gasteiger charge is 2.12. The number of nitrogens with one attached hydrogen (secondary N) is 1. The molecule has 0 aliphatic rings. The van der Waals surface area contributed by atoms with Crippen LogP contribution in [0.4, 0.5) is 0 Å². The predicted molar refractivity (Wildman–Crippen MR) is 82.8 cm³/mol. The number of aliphatic hydroxyl groups is 1. The van der Waals surface area contributed by atoms with E-state index in [9.17, 15) is 4.79 Å². The fourth-order valence-electron chi connectivity index (χ4n) is 1.97. The third kappa shape index (κ3) is 6.20. The van der Waals surface area contributed by atoms with Gasteiger partial charge < -0.3 is 10.4 Å². The van der Waals surface area contributed by atoms with E-state index >= 15 is 0 Å². The number of hydrogen-bond acceptors (Lipinski definition) is 2. The Hall–Kier alpha value is -1.35. The Bertz CT molecular complexity index is 416. The van der Waals surface area contributed by atoms with Crippen molar-refractivity contribution >= 4 is 5.91 Å². The predicted octanol–water partition coefficient (Wildman–Crippen LogP) is 2.80. The Morgan fingerprint density at radius 3 is 2.35 bits per heavy atom. The largest absolute Gasteiger partial charge is 0.392 e. The minimum atomic E-state index is -0.483. The molecule has 20 heavy (non-hydrogen) atoms. The molecule has 3 nitrogen and oxygen atoms in total. The molecule has 1 amide bonds. The number of aliphatic hydroxyl groups excluding tert-OH is 1. The summed E-state index contributed by atoms with van der Waals surface area (Å²) in [6.45, 7) is 8.60. The van der Waals surface area contributed by atoms with E-state index in [4.69, 9.17) is 5.11 Å². The molecule has 0 spiro atoms. The van der Waals surface area contributed by atoms with Gasteiger partial charge in [0.15, 0.2) is 0 Å². The van der Waals surface area contributed by atoms with Crippen molar-refractivity contribution in [2.75, 3.05) is 6.54 Å². The van der Waals surface area contributed by atoms with Crippen LogP contribution in [0.5, 0.6) is 0 Å². The molecule has 0 aromatic heterocycles. The van der Waals surface area contributed by atoms with Crippen LogP contribution in [0.25, 0.3) is 0 Å². The summed E-state index contributed by atoms with van der Waals surface area (Å²) in [6.07, 6.45) is 1.77. The van der Waals surface area contributed by atoms with Gasteiger partial charge in [0.05, 0.1) is 6.10 Å². The van der Waals surface area contributed by atoms with Crippen molar-refractivity contribution < 1.29 is 9.90 Å². The monoisotopic (exact) mass is 277 g/mol. The van der Waals surface area contributed by atoms with Gasteiger partial charge in [0, 0.05) is 13.0 Å². The topological polar surface area (TPSA) is 49.3 Å². The van der Waals surface area contributed by atoms with Crippen LogP contribution in [0, 0.1) is 0 Å². The summed E-state index contributed by atoms with van der Waals surface area (Å²) in [4.78, 5) is 11.5. The highest BCUT2D eigenvalue weighted by Crippen LogP contribution is 2.22. The third-order valence-electron chi connectivity index (χ3n) is 3.28. The van der Waals surface area contributed by atoms with Crippen LogP contribution in [0.1, 0.15) is 51.7 Å². The molecule has 0 saturated heterocycles. The van der Waals surface area contributed by atoms with Crippen LogP contribution in [0.3, 0.4) is 0 Å². The molecular formula is C17H27NO2. The Labute approximate surface area is 122 Å². The van der Waals surface area contributed by atoms with Gasteiger partial charge in [0.1, 0.15) is 0 Å². The maximum atomic E-state index is 11.5. The van der Waals surface area contributed by atoms with Crippen molar-refractivity contribution in [2.24, 2.45) is 0 Å². The van der Waals surface area contributed by atoms with Gasteiger partial charge in [0.2, 0.25) is 5.91 Å². The summed E-state index contributed by atoms with van der Waals surface area (Å²) in [6, 6.07) is 8.63. The molecule has 0 fully saturated rings. The van der Waals surface area contributed by atoms with Gasteiger partial charge in [-0.25, -0.2) is 0 Å². The van der Waals surface area contributed by atoms with E-state index in [2.05, 4.69) is 50.4 Å². The molecule has 1 aromatic carbocycles. The molecule has 0 heterocycles. The minimum absolute atomic E-state index is 0.0113. The lowest BCUT2D eigenvalue weighted by Gasteiger charge is -2.19. The maximum absolute atomic E-state index is 11.5. The molecule has 1 unspecified atom stereocenters. The fourth-order valence-corrected chi connectivity index (χ4v) is 1.97. The molecule has 0 aliphatic carbocycles. The number of amides is 1. The van der Waals surface area contributed by atoms with Gasteiger partial charge in [-0.05, 0) is 36.3 Å². The van der Waals surface area contributed by atoms with Crippen molar-refractivity contribution in [3.63, 3.8) is 0 Å². The molecule has 1 atom stereocenters. The van der Waals surface area contributed by atoms with Gasteiger partial charge in [0.25, 0.3) is 0 Å². The van der Waals surface area contributed by atoms with Crippen LogP contribution in [-0.4, -0.2) is 23.7 Å². The first-order valence-electron chi connectivity index (χ1n) is 7.33. The molecule has 0 aliphatic heterocycles. The van der Waals surface area contributed by atoms with E-state index < -0.39 is 6.10 Å². The normalized spacial score (nSPS) is 13.1. The maximum Gasteiger partial charge on any atom is 0.220 e. The highest BCUT2D eigenvalue weighted by atomic mass is 16.3. The van der Waals surface area contributed by atoms with Crippen molar-refractivity contribution in [3.05, 3.63) is 35.4 Å². The molecule has 1 rings (SSSR count). The number of carbonyl (C=O) groups is 1. The van der Waals surface area contributed by atoms with Gasteiger partial charge in [-0.2, -0.15) is 0 Å². The quantitative estimate of drug-likeness (QED) is 0.840. The smallest absolute Gasteiger partial charge is 0.220 e. The zero-order valence-corrected chi connectivity index (χ0v) is 13.1. The van der Waals surface area contributed by atoms with Crippen molar-refractivity contribution in [2.45, 2.75) is 58.5 Å². The number of aryl methyl sites for hydroxylation is 1. The second kappa shape index (κ2) is 7.44. The number of hydrogen-bond donors (Lipinski definition) is 2. The summed E-state index contributed by atoms with van der Waals surface area (Å²) in [5.74, 6) is 0.0113. The molecule has 0 bridgehead atoms. The van der Waals surface area contributed by atoms with Gasteiger partial charge in [-0.1, -0.05) is 45.0 Å². The molecule has 0 radical (unpaired) electrons. The second-order valence-electron chi connectivity index (χ2n) is 6.45. The zero-order valence-electron chi connectivity index (χ0n) is 13.1. The van der Waals surface area contributed by atoms with E-state index in [-0.39, 0.29) is 11.3 Å². The van der Waals surface area contributed by atoms with Gasteiger partial charge in [-0.3, -0.25) is 4.79 Å². The van der Waals surface area contributed by atoms with E-state index in [1.165, 1.54) is 11.1 Å². The first-order chi connectivity index (χ1) is 9.29. The van der Waals surface area contributed by atoms with E-state index in [0.717, 1.165) is 12.8 Å². The Kier molecular flexibility index (Phi) is 6.21. The lowest BCUT2D eigenvalue weighted by molar-refractivity contribution is -0.121. The number of carbonyl (C=O) groups excluding carboxylic acids is 1. The van der Waals surface area contributed by atoms with Crippen molar-refractivity contribution in [1.82, 2.24) is 5.32 Å². The second-order valence-corrected chi connectivity index (χ2v) is 6.45. The Balaban J connectivity index is 2.34. The molecule has 1 aromatic rings. The number of benzene rings is 1. The first-order valence-corrected chi connectivity index (χ1v) is 7.33. The van der Waals surface area contributed by atoms with Crippen LogP contribution in [-0.2, 0) is 16.6 Å². The van der Waals surface area contributed by atoms with Crippen LogP contribution in [0.2, 0.25) is 0 Å². The van der Waals surface area contributed by atoms with Crippen molar-refractivity contribution in [1.29, 1.82) is 0 Å². The van der Waals surface area contributed by atoms with E-state index in [1.807, 2.05) is 0 Å². The van der Waals surface area contributed by atoms with Crippen LogP contribution >= 0.6 is 0 Å².